The second-order valence-electron chi connectivity index (χ2n) is 6.09. The van der Waals surface area contributed by atoms with Gasteiger partial charge in [0.25, 0.3) is 0 Å². The number of nitrogens with two attached hydrogens (primary N) is 1. The maximum absolute atomic E-state index is 11.8. The van der Waals surface area contributed by atoms with Gasteiger partial charge in [-0.1, -0.05) is 6.07 Å². The monoisotopic (exact) mass is 352 g/mol. The number of pyridine rings is 1. The molecular weight excluding hydrogens is 332 g/mol. The fraction of sp³-hybridized carbons (Fsp3) is 0.316. The van der Waals surface area contributed by atoms with Crippen molar-refractivity contribution in [2.45, 2.75) is 26.8 Å². The summed E-state index contributed by atoms with van der Waals surface area (Å²) in [5.41, 5.74) is 9.22. The van der Waals surface area contributed by atoms with Gasteiger partial charge in [-0.05, 0) is 24.6 Å². The fourth-order valence-electron chi connectivity index (χ4n) is 3.22. The number of hydrogen-bond donors (Lipinski definition) is 2. The SMILES string of the molecule is CCOc1cc(-c2c(C#N)c(N)nc3c2CN(C(C)=O)CC3)ccc1O. The third kappa shape index (κ3) is 3.02. The van der Waals surface area contributed by atoms with E-state index >= 15 is 0 Å². The zero-order valence-electron chi connectivity index (χ0n) is 14.7. The Morgan fingerprint density at radius 3 is 2.92 bits per heavy atom. The van der Waals surface area contributed by atoms with Crippen LogP contribution in [0.2, 0.25) is 0 Å². The summed E-state index contributed by atoms with van der Waals surface area (Å²) in [5.74, 6) is 0.494. The van der Waals surface area contributed by atoms with Gasteiger partial charge in [0.1, 0.15) is 17.5 Å². The first kappa shape index (κ1) is 17.5. The molecule has 2 heterocycles. The molecule has 1 aliphatic rings. The average Bonchev–Trinajstić information content (AvgIpc) is 2.62. The molecule has 0 fully saturated rings. The average molecular weight is 352 g/mol. The highest BCUT2D eigenvalue weighted by Gasteiger charge is 2.26. The van der Waals surface area contributed by atoms with Crippen LogP contribution in [0.3, 0.4) is 0 Å². The molecule has 1 aromatic heterocycles. The molecule has 1 amide bonds. The molecule has 7 nitrogen and oxygen atoms in total. The summed E-state index contributed by atoms with van der Waals surface area (Å²) in [5, 5.41) is 19.6. The molecule has 26 heavy (non-hydrogen) atoms. The summed E-state index contributed by atoms with van der Waals surface area (Å²) < 4.78 is 5.46. The lowest BCUT2D eigenvalue weighted by Crippen LogP contribution is -2.35. The molecule has 0 saturated carbocycles. The molecule has 3 N–H and O–H groups in total. The van der Waals surface area contributed by atoms with E-state index in [1.807, 2.05) is 6.92 Å². The number of fused-ring (bicyclic) bond motifs is 1. The van der Waals surface area contributed by atoms with Crippen LogP contribution in [0.5, 0.6) is 11.5 Å². The van der Waals surface area contributed by atoms with Gasteiger partial charge in [-0.15, -0.1) is 0 Å². The smallest absolute Gasteiger partial charge is 0.219 e. The number of nitrogens with zero attached hydrogens (tertiary/aromatic N) is 3. The highest BCUT2D eigenvalue weighted by Crippen LogP contribution is 2.38. The Morgan fingerprint density at radius 1 is 1.50 bits per heavy atom. The van der Waals surface area contributed by atoms with Crippen LogP contribution in [-0.2, 0) is 17.8 Å². The third-order valence-corrected chi connectivity index (χ3v) is 4.48. The summed E-state index contributed by atoms with van der Waals surface area (Å²) in [6.45, 7) is 4.68. The highest BCUT2D eigenvalue weighted by atomic mass is 16.5. The predicted octanol–water partition coefficient (Wildman–Crippen LogP) is 2.21. The first-order chi connectivity index (χ1) is 12.5. The van der Waals surface area contributed by atoms with E-state index < -0.39 is 0 Å². The number of amides is 1. The van der Waals surface area contributed by atoms with Crippen LogP contribution in [-0.4, -0.2) is 34.0 Å². The predicted molar refractivity (Wildman–Crippen MR) is 96.4 cm³/mol. The standard InChI is InChI=1S/C19H20N4O3/c1-3-26-17-8-12(4-5-16(17)25)18-13(9-20)19(21)22-15-6-7-23(11(2)24)10-14(15)18/h4-5,8,25H,3,6-7,10H2,1-2H3,(H2,21,22). The summed E-state index contributed by atoms with van der Waals surface area (Å²) >= 11 is 0. The Hall–Kier alpha value is -3.27. The second-order valence-corrected chi connectivity index (χ2v) is 6.09. The molecule has 3 rings (SSSR count). The van der Waals surface area contributed by atoms with Gasteiger partial charge in [-0.3, -0.25) is 4.79 Å². The molecule has 134 valence electrons. The Morgan fingerprint density at radius 2 is 2.27 bits per heavy atom. The summed E-state index contributed by atoms with van der Waals surface area (Å²) in [7, 11) is 0. The largest absolute Gasteiger partial charge is 0.504 e. The number of carbonyl (C=O) groups is 1. The minimum atomic E-state index is -0.0300. The van der Waals surface area contributed by atoms with Crippen LogP contribution in [0.15, 0.2) is 18.2 Å². The Balaban J connectivity index is 2.23. The van der Waals surface area contributed by atoms with Gasteiger partial charge < -0.3 is 20.5 Å². The molecule has 0 saturated heterocycles. The van der Waals surface area contributed by atoms with Crippen molar-refractivity contribution in [2.75, 3.05) is 18.9 Å². The number of hydrogen-bond acceptors (Lipinski definition) is 6. The zero-order valence-corrected chi connectivity index (χ0v) is 14.7. The number of aromatic hydroxyl groups is 1. The van der Waals surface area contributed by atoms with Crippen molar-refractivity contribution >= 4 is 11.7 Å². The molecule has 0 unspecified atom stereocenters. The van der Waals surface area contributed by atoms with Gasteiger partial charge in [0.2, 0.25) is 5.91 Å². The lowest BCUT2D eigenvalue weighted by atomic mass is 9.91. The lowest BCUT2D eigenvalue weighted by molar-refractivity contribution is -0.129. The van der Waals surface area contributed by atoms with Gasteiger partial charge in [0.05, 0.1) is 12.3 Å². The number of ether oxygens (including phenoxy) is 1. The third-order valence-electron chi connectivity index (χ3n) is 4.48. The summed E-state index contributed by atoms with van der Waals surface area (Å²) in [4.78, 5) is 17.9. The highest BCUT2D eigenvalue weighted by molar-refractivity contribution is 5.81. The minimum Gasteiger partial charge on any atom is -0.504 e. The quantitative estimate of drug-likeness (QED) is 0.876. The van der Waals surface area contributed by atoms with Crippen LogP contribution < -0.4 is 10.5 Å². The van der Waals surface area contributed by atoms with Crippen LogP contribution in [0.25, 0.3) is 11.1 Å². The molecule has 2 aromatic rings. The van der Waals surface area contributed by atoms with E-state index in [2.05, 4.69) is 11.1 Å². The van der Waals surface area contributed by atoms with Gasteiger partial charge in [-0.25, -0.2) is 4.98 Å². The van der Waals surface area contributed by atoms with Crippen molar-refractivity contribution in [3.63, 3.8) is 0 Å². The van der Waals surface area contributed by atoms with Crippen LogP contribution in [0.1, 0.15) is 30.7 Å². The van der Waals surface area contributed by atoms with Crippen molar-refractivity contribution in [2.24, 2.45) is 0 Å². The Labute approximate surface area is 151 Å². The fourth-order valence-corrected chi connectivity index (χ4v) is 3.22. The zero-order chi connectivity index (χ0) is 18.8. The van der Waals surface area contributed by atoms with E-state index in [-0.39, 0.29) is 23.0 Å². The number of phenols is 1. The normalized spacial score (nSPS) is 13.0. The van der Waals surface area contributed by atoms with Crippen molar-refractivity contribution in [1.82, 2.24) is 9.88 Å². The molecule has 1 aromatic carbocycles. The van der Waals surface area contributed by atoms with Crippen LogP contribution >= 0.6 is 0 Å². The van der Waals surface area contributed by atoms with Gasteiger partial charge >= 0.3 is 0 Å². The summed E-state index contributed by atoms with van der Waals surface area (Å²) in [6.07, 6.45) is 0.578. The molecule has 0 aliphatic carbocycles. The number of benzene rings is 1. The van der Waals surface area contributed by atoms with Gasteiger partial charge in [0, 0.05) is 37.6 Å². The van der Waals surface area contributed by atoms with E-state index in [1.54, 1.807) is 17.0 Å². The molecule has 0 radical (unpaired) electrons. The van der Waals surface area contributed by atoms with Gasteiger partial charge in [-0.2, -0.15) is 5.26 Å². The maximum Gasteiger partial charge on any atom is 0.219 e. The number of anilines is 1. The topological polar surface area (TPSA) is 112 Å². The molecular formula is C19H20N4O3. The van der Waals surface area contributed by atoms with Gasteiger partial charge in [0.15, 0.2) is 11.5 Å². The molecule has 0 atom stereocenters. The second kappa shape index (κ2) is 6.92. The summed E-state index contributed by atoms with van der Waals surface area (Å²) in [6, 6.07) is 7.04. The number of carbonyl (C=O) groups excluding carboxylic acids is 1. The first-order valence-electron chi connectivity index (χ1n) is 8.39. The lowest BCUT2D eigenvalue weighted by Gasteiger charge is -2.30. The molecule has 7 heteroatoms. The number of nitriles is 1. The van der Waals surface area contributed by atoms with E-state index in [0.29, 0.717) is 43.0 Å². The van der Waals surface area contributed by atoms with Crippen LogP contribution in [0, 0.1) is 11.3 Å². The van der Waals surface area contributed by atoms with E-state index in [9.17, 15) is 15.2 Å². The Kier molecular flexibility index (Phi) is 4.67. The number of aromatic nitrogens is 1. The van der Waals surface area contributed by atoms with E-state index in [1.165, 1.54) is 13.0 Å². The number of nitrogen functional groups attached to an aromatic ring is 1. The minimum absolute atomic E-state index is 0.0235. The Bertz CT molecular complexity index is 918. The molecule has 0 bridgehead atoms. The first-order valence-corrected chi connectivity index (χ1v) is 8.39. The molecule has 0 spiro atoms. The van der Waals surface area contributed by atoms with E-state index in [0.717, 1.165) is 11.3 Å². The van der Waals surface area contributed by atoms with Crippen LogP contribution in [0.4, 0.5) is 5.82 Å². The number of phenolic OH excluding ortho intramolecular Hbond substituents is 1. The van der Waals surface area contributed by atoms with Crippen molar-refractivity contribution in [1.29, 1.82) is 5.26 Å². The maximum atomic E-state index is 11.8. The van der Waals surface area contributed by atoms with Crippen molar-refractivity contribution in [3.05, 3.63) is 35.0 Å². The van der Waals surface area contributed by atoms with Crippen molar-refractivity contribution in [3.8, 4) is 28.7 Å². The number of rotatable bonds is 3. The van der Waals surface area contributed by atoms with Crippen molar-refractivity contribution < 1.29 is 14.6 Å². The molecule has 1 aliphatic heterocycles. The van der Waals surface area contributed by atoms with E-state index in [4.69, 9.17) is 10.5 Å².